The number of hydrogen-bond acceptors (Lipinski definition) is 5. The molecule has 90 valence electrons. The van der Waals surface area contributed by atoms with Crippen LogP contribution < -0.4 is 9.44 Å². The Kier molecular flexibility index (Phi) is 5.06. The SMILES string of the molecule is COCCNS(=O)(=O)Nc1cnc(Br)cn1. The molecule has 9 heteroatoms. The van der Waals surface area contributed by atoms with Gasteiger partial charge in [0.1, 0.15) is 4.60 Å². The van der Waals surface area contributed by atoms with E-state index >= 15 is 0 Å². The minimum Gasteiger partial charge on any atom is -0.383 e. The van der Waals surface area contributed by atoms with Gasteiger partial charge in [0.15, 0.2) is 5.82 Å². The molecule has 0 amide bonds. The quantitative estimate of drug-likeness (QED) is 0.729. The summed E-state index contributed by atoms with van der Waals surface area (Å²) in [6.07, 6.45) is 2.70. The van der Waals surface area contributed by atoms with Gasteiger partial charge in [0.25, 0.3) is 10.2 Å². The summed E-state index contributed by atoms with van der Waals surface area (Å²) in [7, 11) is -2.13. The van der Waals surface area contributed by atoms with Gasteiger partial charge in [-0.25, -0.2) is 9.97 Å². The normalized spacial score (nSPS) is 11.4. The number of nitrogens with zero attached hydrogens (tertiary/aromatic N) is 2. The molecule has 0 aromatic carbocycles. The minimum absolute atomic E-state index is 0.146. The van der Waals surface area contributed by atoms with Crippen molar-refractivity contribution in [3.05, 3.63) is 17.0 Å². The maximum Gasteiger partial charge on any atom is 0.300 e. The third-order valence-electron chi connectivity index (χ3n) is 1.46. The van der Waals surface area contributed by atoms with Crippen molar-refractivity contribution in [3.8, 4) is 0 Å². The van der Waals surface area contributed by atoms with Gasteiger partial charge >= 0.3 is 0 Å². The zero-order chi connectivity index (χ0) is 12.0. The van der Waals surface area contributed by atoms with E-state index in [1.54, 1.807) is 0 Å². The maximum absolute atomic E-state index is 11.4. The number of hydrogen-bond donors (Lipinski definition) is 2. The van der Waals surface area contributed by atoms with Crippen molar-refractivity contribution in [1.82, 2.24) is 14.7 Å². The molecule has 1 aromatic heterocycles. The van der Waals surface area contributed by atoms with Crippen LogP contribution in [0.2, 0.25) is 0 Å². The lowest BCUT2D eigenvalue weighted by Crippen LogP contribution is -2.32. The van der Waals surface area contributed by atoms with Gasteiger partial charge in [-0.2, -0.15) is 13.1 Å². The second-order valence-corrected chi connectivity index (χ2v) is 5.03. The van der Waals surface area contributed by atoms with Crippen molar-refractivity contribution >= 4 is 32.0 Å². The summed E-state index contributed by atoms with van der Waals surface area (Å²) in [5.41, 5.74) is 0. The second-order valence-electron chi connectivity index (χ2n) is 2.72. The number of rotatable bonds is 6. The summed E-state index contributed by atoms with van der Waals surface area (Å²) in [6.45, 7) is 0.489. The minimum atomic E-state index is -3.62. The van der Waals surface area contributed by atoms with E-state index in [4.69, 9.17) is 4.74 Å². The van der Waals surface area contributed by atoms with Crippen molar-refractivity contribution in [2.24, 2.45) is 0 Å². The van der Waals surface area contributed by atoms with E-state index in [0.29, 0.717) is 11.2 Å². The summed E-state index contributed by atoms with van der Waals surface area (Å²) in [5.74, 6) is 0.146. The fraction of sp³-hybridized carbons (Fsp3) is 0.429. The molecule has 0 aliphatic rings. The van der Waals surface area contributed by atoms with Crippen molar-refractivity contribution < 1.29 is 13.2 Å². The molecular weight excluding hydrogens is 300 g/mol. The first-order valence-corrected chi connectivity index (χ1v) is 6.55. The molecule has 0 saturated carbocycles. The first kappa shape index (κ1) is 13.3. The fourth-order valence-corrected chi connectivity index (χ4v) is 1.83. The van der Waals surface area contributed by atoms with E-state index in [-0.39, 0.29) is 12.4 Å². The zero-order valence-corrected chi connectivity index (χ0v) is 10.9. The van der Waals surface area contributed by atoms with E-state index < -0.39 is 10.2 Å². The molecule has 1 rings (SSSR count). The molecular formula is C7H11BrN4O3S. The number of aromatic nitrogens is 2. The monoisotopic (exact) mass is 310 g/mol. The van der Waals surface area contributed by atoms with Crippen LogP contribution in [0, 0.1) is 0 Å². The van der Waals surface area contributed by atoms with E-state index in [9.17, 15) is 8.42 Å². The highest BCUT2D eigenvalue weighted by Crippen LogP contribution is 2.06. The van der Waals surface area contributed by atoms with Crippen LogP contribution in [0.25, 0.3) is 0 Å². The van der Waals surface area contributed by atoms with Crippen LogP contribution in [0.15, 0.2) is 17.0 Å². The van der Waals surface area contributed by atoms with Crippen molar-refractivity contribution in [2.75, 3.05) is 25.0 Å². The van der Waals surface area contributed by atoms with Gasteiger partial charge in [-0.1, -0.05) is 0 Å². The van der Waals surface area contributed by atoms with E-state index in [0.717, 1.165) is 0 Å². The Bertz CT molecular complexity index is 422. The fourth-order valence-electron chi connectivity index (χ4n) is 0.817. The van der Waals surface area contributed by atoms with Crippen molar-refractivity contribution in [2.45, 2.75) is 0 Å². The molecule has 0 atom stereocenters. The number of anilines is 1. The molecule has 0 saturated heterocycles. The van der Waals surface area contributed by atoms with Crippen LogP contribution in [0.1, 0.15) is 0 Å². The van der Waals surface area contributed by atoms with Gasteiger partial charge in [0, 0.05) is 13.7 Å². The first-order valence-electron chi connectivity index (χ1n) is 4.27. The Morgan fingerprint density at radius 3 is 2.75 bits per heavy atom. The number of nitrogens with one attached hydrogen (secondary N) is 2. The Hall–Kier alpha value is -0.770. The summed E-state index contributed by atoms with van der Waals surface area (Å²) in [6, 6.07) is 0. The average molecular weight is 311 g/mol. The smallest absolute Gasteiger partial charge is 0.300 e. The predicted molar refractivity (Wildman–Crippen MR) is 62.2 cm³/mol. The molecule has 1 aromatic rings. The summed E-state index contributed by atoms with van der Waals surface area (Å²) in [4.78, 5) is 7.66. The van der Waals surface area contributed by atoms with E-state index in [1.807, 2.05) is 0 Å². The van der Waals surface area contributed by atoms with Crippen LogP contribution in [-0.4, -0.2) is 38.6 Å². The van der Waals surface area contributed by atoms with Crippen LogP contribution in [0.3, 0.4) is 0 Å². The van der Waals surface area contributed by atoms with Gasteiger partial charge in [0.2, 0.25) is 0 Å². The summed E-state index contributed by atoms with van der Waals surface area (Å²) < 4.78 is 32.5. The van der Waals surface area contributed by atoms with E-state index in [1.165, 1.54) is 19.5 Å². The summed E-state index contributed by atoms with van der Waals surface area (Å²) in [5, 5.41) is 0. The maximum atomic E-state index is 11.4. The molecule has 1 heterocycles. The molecule has 2 N–H and O–H groups in total. The Labute approximate surface area is 102 Å². The Morgan fingerprint density at radius 1 is 1.44 bits per heavy atom. The number of halogens is 1. The van der Waals surface area contributed by atoms with Gasteiger partial charge in [0.05, 0.1) is 19.0 Å². The standard InChI is InChI=1S/C7H11BrN4O3S/c1-15-3-2-11-16(13,14)12-7-5-9-6(8)4-10-7/h4-5,11H,2-3H2,1H3,(H,10,12). The lowest BCUT2D eigenvalue weighted by Gasteiger charge is -2.07. The molecule has 0 unspecified atom stereocenters. The van der Waals surface area contributed by atoms with E-state index in [2.05, 4.69) is 35.3 Å². The molecule has 0 bridgehead atoms. The van der Waals surface area contributed by atoms with Gasteiger partial charge in [-0.05, 0) is 15.9 Å². The zero-order valence-electron chi connectivity index (χ0n) is 8.47. The third kappa shape index (κ3) is 4.84. The van der Waals surface area contributed by atoms with Crippen molar-refractivity contribution in [1.29, 1.82) is 0 Å². The van der Waals surface area contributed by atoms with Gasteiger partial charge in [-0.15, -0.1) is 0 Å². The van der Waals surface area contributed by atoms with Crippen molar-refractivity contribution in [3.63, 3.8) is 0 Å². The summed E-state index contributed by atoms with van der Waals surface area (Å²) >= 11 is 3.09. The largest absolute Gasteiger partial charge is 0.383 e. The highest BCUT2D eigenvalue weighted by atomic mass is 79.9. The molecule has 7 nitrogen and oxygen atoms in total. The van der Waals surface area contributed by atoms with Gasteiger partial charge in [-0.3, -0.25) is 4.72 Å². The van der Waals surface area contributed by atoms with Crippen LogP contribution in [0.4, 0.5) is 5.82 Å². The molecule has 0 fully saturated rings. The lowest BCUT2D eigenvalue weighted by atomic mass is 10.7. The second kappa shape index (κ2) is 6.09. The van der Waals surface area contributed by atoms with Crippen LogP contribution in [-0.2, 0) is 14.9 Å². The number of methoxy groups -OCH3 is 1. The molecule has 0 radical (unpaired) electrons. The average Bonchev–Trinajstić information content (AvgIpc) is 2.21. The Balaban J connectivity index is 2.55. The van der Waals surface area contributed by atoms with Gasteiger partial charge < -0.3 is 4.74 Å². The third-order valence-corrected chi connectivity index (χ3v) is 2.93. The Morgan fingerprint density at radius 2 is 2.19 bits per heavy atom. The highest BCUT2D eigenvalue weighted by Gasteiger charge is 2.09. The highest BCUT2D eigenvalue weighted by molar-refractivity contribution is 9.10. The first-order chi connectivity index (χ1) is 7.53. The number of ether oxygens (including phenoxy) is 1. The molecule has 0 aliphatic carbocycles. The molecule has 0 aliphatic heterocycles. The molecule has 16 heavy (non-hydrogen) atoms. The topological polar surface area (TPSA) is 93.2 Å². The predicted octanol–water partition coefficient (Wildman–Crippen LogP) is 0.132. The van der Waals surface area contributed by atoms with Crippen LogP contribution in [0.5, 0.6) is 0 Å². The van der Waals surface area contributed by atoms with Crippen LogP contribution >= 0.6 is 15.9 Å². The molecule has 0 spiro atoms. The lowest BCUT2D eigenvalue weighted by molar-refractivity contribution is 0.204.